The van der Waals surface area contributed by atoms with Crippen LogP contribution in [0.3, 0.4) is 0 Å². The van der Waals surface area contributed by atoms with Crippen molar-refractivity contribution < 1.29 is 17.9 Å². The lowest BCUT2D eigenvalue weighted by molar-refractivity contribution is -0.121. The van der Waals surface area contributed by atoms with Gasteiger partial charge < -0.3 is 4.74 Å². The molecule has 0 saturated heterocycles. The highest BCUT2D eigenvalue weighted by atomic mass is 79.9. The molecular weight excluding hydrogens is 434 g/mol. The maximum absolute atomic E-state index is 12.4. The molecule has 0 aliphatic rings. The van der Waals surface area contributed by atoms with Crippen LogP contribution in [0.4, 0.5) is 5.69 Å². The monoisotopic (exact) mass is 453 g/mol. The van der Waals surface area contributed by atoms with Crippen molar-refractivity contribution in [2.24, 2.45) is 5.10 Å². The molecule has 7 nitrogen and oxygen atoms in total. The minimum atomic E-state index is -3.66. The van der Waals surface area contributed by atoms with Gasteiger partial charge in [-0.2, -0.15) is 5.10 Å². The summed E-state index contributed by atoms with van der Waals surface area (Å²) >= 11 is 3.36. The van der Waals surface area contributed by atoms with Gasteiger partial charge in [0.1, 0.15) is 11.8 Å². The summed E-state index contributed by atoms with van der Waals surface area (Å²) in [6.07, 6.45) is 2.49. The van der Waals surface area contributed by atoms with Crippen LogP contribution < -0.4 is 14.5 Å². The van der Waals surface area contributed by atoms with Gasteiger partial charge in [0.2, 0.25) is 10.0 Å². The van der Waals surface area contributed by atoms with Crippen molar-refractivity contribution in [2.45, 2.75) is 13.0 Å². The van der Waals surface area contributed by atoms with E-state index in [0.717, 1.165) is 15.0 Å². The molecule has 9 heteroatoms. The maximum atomic E-state index is 12.4. The molecule has 2 aromatic rings. The zero-order valence-corrected chi connectivity index (χ0v) is 17.5. The molecule has 1 amide bonds. The molecule has 0 unspecified atom stereocenters. The van der Waals surface area contributed by atoms with Crippen LogP contribution in [-0.2, 0) is 14.8 Å². The van der Waals surface area contributed by atoms with E-state index in [1.807, 2.05) is 6.07 Å². The van der Waals surface area contributed by atoms with Crippen LogP contribution in [-0.4, -0.2) is 39.9 Å². The Labute approximate surface area is 167 Å². The van der Waals surface area contributed by atoms with E-state index in [1.165, 1.54) is 20.2 Å². The zero-order valence-electron chi connectivity index (χ0n) is 15.1. The van der Waals surface area contributed by atoms with Crippen molar-refractivity contribution in [1.29, 1.82) is 0 Å². The van der Waals surface area contributed by atoms with Gasteiger partial charge in [0, 0.05) is 10.0 Å². The molecule has 0 aliphatic carbocycles. The van der Waals surface area contributed by atoms with Crippen molar-refractivity contribution in [3.63, 3.8) is 0 Å². The number of hydrogen-bond donors (Lipinski definition) is 1. The Bertz CT molecular complexity index is 933. The summed E-state index contributed by atoms with van der Waals surface area (Å²) in [4.78, 5) is 12.4. The number of nitrogens with zero attached hydrogens (tertiary/aromatic N) is 2. The fourth-order valence-electron chi connectivity index (χ4n) is 2.45. The number of ether oxygens (including phenoxy) is 1. The van der Waals surface area contributed by atoms with E-state index in [9.17, 15) is 13.2 Å². The molecule has 27 heavy (non-hydrogen) atoms. The molecule has 0 spiro atoms. The highest BCUT2D eigenvalue weighted by molar-refractivity contribution is 9.10. The SMILES string of the molecule is COc1ccc(Br)cc1/C=N\NC(=O)[C@H](C)N(c1ccccc1)S(C)(=O)=O. The van der Waals surface area contributed by atoms with Gasteiger partial charge >= 0.3 is 0 Å². The number of sulfonamides is 1. The van der Waals surface area contributed by atoms with E-state index in [1.54, 1.807) is 42.5 Å². The van der Waals surface area contributed by atoms with Crippen LogP contribution in [0.1, 0.15) is 12.5 Å². The predicted molar refractivity (Wildman–Crippen MR) is 110 cm³/mol. The largest absolute Gasteiger partial charge is 0.496 e. The molecule has 0 bridgehead atoms. The van der Waals surface area contributed by atoms with Gasteiger partial charge in [-0.3, -0.25) is 9.10 Å². The zero-order chi connectivity index (χ0) is 20.0. The molecule has 0 aliphatic heterocycles. The van der Waals surface area contributed by atoms with E-state index in [2.05, 4.69) is 26.5 Å². The number of para-hydroxylation sites is 1. The minimum absolute atomic E-state index is 0.403. The van der Waals surface area contributed by atoms with Gasteiger partial charge in [0.15, 0.2) is 0 Å². The molecular formula is C18H20BrN3O4S. The Balaban J connectivity index is 2.18. The first-order valence-corrected chi connectivity index (χ1v) is 10.6. The lowest BCUT2D eigenvalue weighted by Crippen LogP contribution is -2.46. The summed E-state index contributed by atoms with van der Waals surface area (Å²) in [6, 6.07) is 12.8. The van der Waals surface area contributed by atoms with Crippen LogP contribution in [0.5, 0.6) is 5.75 Å². The number of amides is 1. The predicted octanol–water partition coefficient (Wildman–Crippen LogP) is 2.76. The highest BCUT2D eigenvalue weighted by Gasteiger charge is 2.28. The Morgan fingerprint density at radius 2 is 1.93 bits per heavy atom. The summed E-state index contributed by atoms with van der Waals surface area (Å²) in [5.41, 5.74) is 3.44. The molecule has 0 heterocycles. The highest BCUT2D eigenvalue weighted by Crippen LogP contribution is 2.22. The fraction of sp³-hybridized carbons (Fsp3) is 0.222. The van der Waals surface area contributed by atoms with Gasteiger partial charge in [-0.05, 0) is 37.3 Å². The number of rotatable bonds is 7. The maximum Gasteiger partial charge on any atom is 0.263 e. The number of hydrazone groups is 1. The van der Waals surface area contributed by atoms with Gasteiger partial charge in [-0.1, -0.05) is 34.1 Å². The average Bonchev–Trinajstić information content (AvgIpc) is 2.61. The number of carbonyl (C=O) groups excluding carboxylic acids is 1. The molecule has 0 aromatic heterocycles. The minimum Gasteiger partial charge on any atom is -0.496 e. The Morgan fingerprint density at radius 3 is 2.52 bits per heavy atom. The quantitative estimate of drug-likeness (QED) is 0.515. The Hall–Kier alpha value is -2.39. The topological polar surface area (TPSA) is 88.1 Å². The number of halogens is 1. The molecule has 0 fully saturated rings. The number of methoxy groups -OCH3 is 1. The molecule has 0 radical (unpaired) electrons. The molecule has 2 rings (SSSR count). The van der Waals surface area contributed by atoms with Crippen LogP contribution >= 0.6 is 15.9 Å². The molecule has 2 aromatic carbocycles. The third kappa shape index (κ3) is 5.54. The van der Waals surface area contributed by atoms with E-state index < -0.39 is 22.0 Å². The van der Waals surface area contributed by atoms with E-state index in [-0.39, 0.29) is 0 Å². The van der Waals surface area contributed by atoms with Crippen LogP contribution in [0, 0.1) is 0 Å². The second-order valence-electron chi connectivity index (χ2n) is 5.69. The molecule has 1 N–H and O–H groups in total. The number of hydrogen-bond acceptors (Lipinski definition) is 5. The van der Waals surface area contributed by atoms with Gasteiger partial charge in [-0.25, -0.2) is 13.8 Å². The summed E-state index contributed by atoms with van der Waals surface area (Å²) in [6.45, 7) is 1.50. The molecule has 144 valence electrons. The smallest absolute Gasteiger partial charge is 0.263 e. The van der Waals surface area contributed by atoms with E-state index in [0.29, 0.717) is 17.0 Å². The number of carbonyl (C=O) groups is 1. The summed E-state index contributed by atoms with van der Waals surface area (Å²) in [7, 11) is -2.13. The second kappa shape index (κ2) is 9.01. The van der Waals surface area contributed by atoms with Crippen LogP contribution in [0.25, 0.3) is 0 Å². The Kier molecular flexibility index (Phi) is 6.98. The van der Waals surface area contributed by atoms with Crippen molar-refractivity contribution >= 4 is 43.8 Å². The standard InChI is InChI=1S/C18H20BrN3O4S/c1-13(22(27(3,24)25)16-7-5-4-6-8-16)18(23)21-20-12-14-11-15(19)9-10-17(14)26-2/h4-13H,1-3H3,(H,21,23)/b20-12-/t13-/m0/s1. The number of anilines is 1. The lowest BCUT2D eigenvalue weighted by atomic mass is 10.2. The third-order valence-electron chi connectivity index (χ3n) is 3.67. The first-order chi connectivity index (χ1) is 12.7. The summed E-state index contributed by atoms with van der Waals surface area (Å²) in [5.74, 6) is 0.0285. The van der Waals surface area contributed by atoms with E-state index in [4.69, 9.17) is 4.74 Å². The van der Waals surface area contributed by atoms with Gasteiger partial charge in [0.25, 0.3) is 5.91 Å². The van der Waals surface area contributed by atoms with Crippen LogP contribution in [0.2, 0.25) is 0 Å². The summed E-state index contributed by atoms with van der Waals surface area (Å²) in [5, 5.41) is 3.92. The van der Waals surface area contributed by atoms with Crippen molar-refractivity contribution in [2.75, 3.05) is 17.7 Å². The Morgan fingerprint density at radius 1 is 1.26 bits per heavy atom. The first kappa shape index (κ1) is 20.9. The lowest BCUT2D eigenvalue weighted by Gasteiger charge is -2.27. The third-order valence-corrected chi connectivity index (χ3v) is 5.40. The average molecular weight is 454 g/mol. The molecule has 1 atom stereocenters. The van der Waals surface area contributed by atoms with Crippen molar-refractivity contribution in [3.8, 4) is 5.75 Å². The molecule has 0 saturated carbocycles. The van der Waals surface area contributed by atoms with E-state index >= 15 is 0 Å². The van der Waals surface area contributed by atoms with Crippen LogP contribution in [0.15, 0.2) is 58.1 Å². The van der Waals surface area contributed by atoms with Gasteiger partial charge in [-0.15, -0.1) is 0 Å². The first-order valence-electron chi connectivity index (χ1n) is 7.95. The van der Waals surface area contributed by atoms with Crippen molar-refractivity contribution in [3.05, 3.63) is 58.6 Å². The van der Waals surface area contributed by atoms with Crippen molar-refractivity contribution in [1.82, 2.24) is 5.43 Å². The number of nitrogens with one attached hydrogen (secondary N) is 1. The summed E-state index contributed by atoms with van der Waals surface area (Å²) < 4.78 is 31.5. The normalized spacial score (nSPS) is 12.6. The van der Waals surface area contributed by atoms with Gasteiger partial charge in [0.05, 0.1) is 25.3 Å². The fourth-order valence-corrected chi connectivity index (χ4v) is 4.00. The number of benzene rings is 2. The second-order valence-corrected chi connectivity index (χ2v) is 8.47.